The summed E-state index contributed by atoms with van der Waals surface area (Å²) in [5.74, 6) is 0. The smallest absolute Gasteiger partial charge is 0.0622 e. The quantitative estimate of drug-likeness (QED) is 0.137. The summed E-state index contributed by atoms with van der Waals surface area (Å²) in [5, 5.41) is 8.68. The molecule has 48 heavy (non-hydrogen) atoms. The van der Waals surface area contributed by atoms with Gasteiger partial charge in [0.1, 0.15) is 0 Å². The molecule has 10 aromatic carbocycles. The normalized spacial score (nSPS) is 14.1. The van der Waals surface area contributed by atoms with E-state index in [1.54, 1.807) is 0 Å². The zero-order valence-corrected chi connectivity index (χ0v) is 25.7. The van der Waals surface area contributed by atoms with Gasteiger partial charge in [-0.05, 0) is 104 Å². The number of benzene rings is 10. The van der Waals surface area contributed by atoms with E-state index in [2.05, 4.69) is 36.4 Å². The van der Waals surface area contributed by atoms with Gasteiger partial charge in [0.15, 0.2) is 0 Å². The fraction of sp³-hybridized carbons (Fsp3) is 0. The van der Waals surface area contributed by atoms with Crippen molar-refractivity contribution in [3.63, 3.8) is 0 Å². The Balaban J connectivity index is 1.53. The largest absolute Gasteiger partial charge is 0.0629 e. The predicted molar refractivity (Wildman–Crippen MR) is 208 cm³/mol. The van der Waals surface area contributed by atoms with Gasteiger partial charge in [-0.25, -0.2) is 0 Å². The minimum Gasteiger partial charge on any atom is -0.0622 e. The fourth-order valence-corrected chi connectivity index (χ4v) is 7.71. The molecule has 0 aliphatic heterocycles. The number of hydrogen-bond donors (Lipinski definition) is 0. The van der Waals surface area contributed by atoms with Crippen LogP contribution in [0.15, 0.2) is 182 Å². The van der Waals surface area contributed by atoms with Crippen LogP contribution in [-0.2, 0) is 0 Å². The summed E-state index contributed by atoms with van der Waals surface area (Å²) in [4.78, 5) is 0. The first-order valence-electron chi connectivity index (χ1n) is 20.0. The van der Waals surface area contributed by atoms with E-state index in [0.717, 1.165) is 54.2 Å². The third-order valence-corrected chi connectivity index (χ3v) is 9.67. The van der Waals surface area contributed by atoms with Gasteiger partial charge >= 0.3 is 0 Å². The molecule has 0 radical (unpaired) electrons. The fourth-order valence-electron chi connectivity index (χ4n) is 7.71. The molecular weight excluding hydrogens is 577 g/mol. The summed E-state index contributed by atoms with van der Waals surface area (Å²) in [5.41, 5.74) is 3.49. The van der Waals surface area contributed by atoms with Crippen LogP contribution in [-0.4, -0.2) is 0 Å². The molecule has 0 amide bonds. The number of hydrogen-bond acceptors (Lipinski definition) is 0. The first-order chi connectivity index (χ1) is 27.2. The summed E-state index contributed by atoms with van der Waals surface area (Å²) in [7, 11) is 0. The SMILES string of the molecule is [2H]c1c([2H])c([2H])c2c(-c3cc4c5ccccc5c5ccccc5c4c4ccccc34)c3c([2H])c([2H])c([2H])c([2H])c3c(-c3ccccc3-c3ccccc3)c2c1[2H]. The zero-order chi connectivity index (χ0) is 38.6. The van der Waals surface area contributed by atoms with Gasteiger partial charge in [-0.15, -0.1) is 0 Å². The summed E-state index contributed by atoms with van der Waals surface area (Å²) in [6.45, 7) is 0. The Morgan fingerprint density at radius 2 is 0.688 bits per heavy atom. The molecule has 0 spiro atoms. The van der Waals surface area contributed by atoms with Crippen molar-refractivity contribution in [2.45, 2.75) is 0 Å². The highest BCUT2D eigenvalue weighted by Crippen LogP contribution is 2.49. The maximum absolute atomic E-state index is 9.62. The predicted octanol–water partition coefficient (Wildman–Crippen LogP) is 13.6. The van der Waals surface area contributed by atoms with Crippen LogP contribution in [0, 0.1) is 0 Å². The monoisotopic (exact) mass is 614 g/mol. The van der Waals surface area contributed by atoms with E-state index in [-0.39, 0.29) is 45.7 Å². The minimum absolute atomic E-state index is 0.194. The molecule has 0 aliphatic rings. The van der Waals surface area contributed by atoms with Gasteiger partial charge in [0.2, 0.25) is 0 Å². The van der Waals surface area contributed by atoms with E-state index in [1.165, 1.54) is 0 Å². The average molecular weight is 615 g/mol. The molecule has 222 valence electrons. The maximum atomic E-state index is 9.62. The van der Waals surface area contributed by atoms with Crippen LogP contribution in [0.25, 0.3) is 98.0 Å². The van der Waals surface area contributed by atoms with Crippen molar-refractivity contribution in [3.05, 3.63) is 182 Å². The van der Waals surface area contributed by atoms with Crippen molar-refractivity contribution in [2.75, 3.05) is 0 Å². The van der Waals surface area contributed by atoms with Crippen molar-refractivity contribution in [3.8, 4) is 33.4 Å². The van der Waals surface area contributed by atoms with Gasteiger partial charge in [-0.2, -0.15) is 0 Å². The van der Waals surface area contributed by atoms with E-state index in [0.29, 0.717) is 22.3 Å². The Bertz CT molecular complexity index is 3250. The van der Waals surface area contributed by atoms with Crippen molar-refractivity contribution in [1.82, 2.24) is 0 Å². The molecular formula is C48H30. The number of rotatable bonds is 3. The molecule has 0 saturated carbocycles. The van der Waals surface area contributed by atoms with E-state index in [9.17, 15) is 5.48 Å². The first kappa shape index (κ1) is 20.1. The van der Waals surface area contributed by atoms with E-state index >= 15 is 0 Å². The van der Waals surface area contributed by atoms with Gasteiger partial charge < -0.3 is 0 Å². The number of fused-ring (bicyclic) bond motifs is 10. The molecule has 10 aromatic rings. The van der Waals surface area contributed by atoms with Crippen LogP contribution in [0.4, 0.5) is 0 Å². The molecule has 0 aromatic heterocycles. The molecule has 0 saturated heterocycles. The van der Waals surface area contributed by atoms with Crippen LogP contribution in [0.1, 0.15) is 11.0 Å². The maximum Gasteiger partial charge on any atom is 0.0629 e. The Morgan fingerprint density at radius 1 is 0.292 bits per heavy atom. The highest BCUT2D eigenvalue weighted by molar-refractivity contribution is 6.34. The highest BCUT2D eigenvalue weighted by atomic mass is 14.2. The van der Waals surface area contributed by atoms with Crippen LogP contribution < -0.4 is 0 Å². The molecule has 0 atom stereocenters. The second-order valence-corrected chi connectivity index (χ2v) is 12.1. The topological polar surface area (TPSA) is 0 Å². The van der Waals surface area contributed by atoms with Gasteiger partial charge in [-0.3, -0.25) is 0 Å². The van der Waals surface area contributed by atoms with Crippen LogP contribution in [0.2, 0.25) is 0 Å². The second kappa shape index (κ2) is 10.7. The lowest BCUT2D eigenvalue weighted by atomic mass is 9.81. The summed E-state index contributed by atoms with van der Waals surface area (Å²) in [6.07, 6.45) is 0. The summed E-state index contributed by atoms with van der Waals surface area (Å²) >= 11 is 0. The first-order valence-corrected chi connectivity index (χ1v) is 16.0. The second-order valence-electron chi connectivity index (χ2n) is 12.1. The van der Waals surface area contributed by atoms with E-state index in [4.69, 9.17) is 5.48 Å². The Morgan fingerprint density at radius 3 is 1.27 bits per heavy atom. The third kappa shape index (κ3) is 3.90. The van der Waals surface area contributed by atoms with Gasteiger partial charge in [0, 0.05) is 0 Å². The lowest BCUT2D eigenvalue weighted by Gasteiger charge is -2.21. The molecule has 0 unspecified atom stereocenters. The van der Waals surface area contributed by atoms with E-state index < -0.39 is 24.2 Å². The van der Waals surface area contributed by atoms with Crippen molar-refractivity contribution >= 4 is 64.6 Å². The standard InChI is InChI=1S/C48H30/c1-2-16-31(17-3-1)32-18-4-9-23-37(32)46-40-26-12-14-28-42(40)48(43-29-15-13-27-41(43)46)45-30-44-35-21-6-5-19-33(35)34-20-7-10-24-38(34)47(44)39-25-11-8-22-36(39)45/h1-30H/i12D,13D,14D,15D,26D,27D,28D,29D. The minimum atomic E-state index is -0.423. The molecule has 0 heterocycles. The van der Waals surface area contributed by atoms with E-state index in [1.807, 2.05) is 97.1 Å². The molecule has 0 nitrogen and oxygen atoms in total. The average Bonchev–Trinajstić information content (AvgIpc) is 3.25. The van der Waals surface area contributed by atoms with Crippen LogP contribution in [0.5, 0.6) is 0 Å². The van der Waals surface area contributed by atoms with Crippen LogP contribution in [0.3, 0.4) is 0 Å². The molecule has 10 rings (SSSR count). The highest BCUT2D eigenvalue weighted by Gasteiger charge is 2.21. The molecule has 0 heteroatoms. The molecule has 0 aliphatic carbocycles. The Kier molecular flexibility index (Phi) is 4.46. The lowest BCUT2D eigenvalue weighted by Crippen LogP contribution is -1.94. The summed E-state index contributed by atoms with van der Waals surface area (Å²) < 4.78 is 74.3. The lowest BCUT2D eigenvalue weighted by molar-refractivity contribution is 1.61. The Labute approximate surface area is 290 Å². The van der Waals surface area contributed by atoms with Crippen molar-refractivity contribution < 1.29 is 11.0 Å². The van der Waals surface area contributed by atoms with Gasteiger partial charge in [0.25, 0.3) is 0 Å². The zero-order valence-electron chi connectivity index (χ0n) is 33.7. The Hall–Kier alpha value is -6.24. The van der Waals surface area contributed by atoms with Crippen LogP contribution >= 0.6 is 0 Å². The van der Waals surface area contributed by atoms with Gasteiger partial charge in [-0.1, -0.05) is 176 Å². The summed E-state index contributed by atoms with van der Waals surface area (Å²) in [6, 6.07) is 40.9. The van der Waals surface area contributed by atoms with Crippen molar-refractivity contribution in [2.24, 2.45) is 0 Å². The van der Waals surface area contributed by atoms with Crippen molar-refractivity contribution in [1.29, 1.82) is 0 Å². The van der Waals surface area contributed by atoms with Gasteiger partial charge in [0.05, 0.1) is 11.0 Å². The molecule has 0 bridgehead atoms. The molecule has 0 fully saturated rings. The third-order valence-electron chi connectivity index (χ3n) is 9.67. The molecule has 0 N–H and O–H groups in total.